The van der Waals surface area contributed by atoms with E-state index in [1.54, 1.807) is 24.3 Å². The maximum atomic E-state index is 11.7. The van der Waals surface area contributed by atoms with E-state index in [4.69, 9.17) is 10.4 Å². The maximum absolute atomic E-state index is 11.7. The summed E-state index contributed by atoms with van der Waals surface area (Å²) in [5.41, 5.74) is 1.08. The summed E-state index contributed by atoms with van der Waals surface area (Å²) in [5, 5.41) is 20.5. The second-order valence-corrected chi connectivity index (χ2v) is 3.98. The second kappa shape index (κ2) is 4.33. The van der Waals surface area contributed by atoms with Gasteiger partial charge in [-0.25, -0.2) is 0 Å². The highest BCUT2D eigenvalue weighted by Crippen LogP contribution is 2.19. The number of carbonyl (C=O) groups is 1. The number of aliphatic hydroxyl groups is 1. The molecule has 0 aliphatic heterocycles. The number of benzene rings is 1. The summed E-state index contributed by atoms with van der Waals surface area (Å²) in [7, 11) is 0. The van der Waals surface area contributed by atoms with E-state index < -0.39 is 0 Å². The quantitative estimate of drug-likeness (QED) is 0.768. The lowest BCUT2D eigenvalue weighted by molar-refractivity contribution is 0.0562. The van der Waals surface area contributed by atoms with E-state index in [0.29, 0.717) is 24.0 Å². The molecule has 0 unspecified atom stereocenters. The number of hydrogen-bond acceptors (Lipinski definition) is 3. The predicted molar refractivity (Wildman–Crippen MR) is 57.7 cm³/mol. The standard InChI is InChI=1S/C12H12N2O2/c13-7-8-1-3-9(4-2-8)12(16)14-10-5-11(15)6-10/h1-4,10-11,15H,5-6H2,(H,14,16). The normalized spacial score (nSPS) is 23.0. The monoisotopic (exact) mass is 216 g/mol. The topological polar surface area (TPSA) is 73.1 Å². The second-order valence-electron chi connectivity index (χ2n) is 3.98. The zero-order valence-corrected chi connectivity index (χ0v) is 8.68. The summed E-state index contributed by atoms with van der Waals surface area (Å²) < 4.78 is 0. The van der Waals surface area contributed by atoms with Crippen molar-refractivity contribution in [2.75, 3.05) is 0 Å². The van der Waals surface area contributed by atoms with Gasteiger partial charge in [0.25, 0.3) is 5.91 Å². The minimum atomic E-state index is -0.272. The van der Waals surface area contributed by atoms with Crippen LogP contribution in [0.3, 0.4) is 0 Å². The molecule has 16 heavy (non-hydrogen) atoms. The van der Waals surface area contributed by atoms with Crippen LogP contribution in [0, 0.1) is 11.3 Å². The number of nitrogens with one attached hydrogen (secondary N) is 1. The molecule has 0 heterocycles. The first kappa shape index (κ1) is 10.7. The van der Waals surface area contributed by atoms with Crippen LogP contribution in [0.5, 0.6) is 0 Å². The molecular weight excluding hydrogens is 204 g/mol. The Hall–Kier alpha value is -1.86. The van der Waals surface area contributed by atoms with Gasteiger partial charge in [-0.3, -0.25) is 4.79 Å². The molecule has 2 rings (SSSR count). The Kier molecular flexibility index (Phi) is 2.88. The lowest BCUT2D eigenvalue weighted by Gasteiger charge is -2.31. The summed E-state index contributed by atoms with van der Waals surface area (Å²) in [6.45, 7) is 0. The number of amides is 1. The molecule has 0 saturated heterocycles. The van der Waals surface area contributed by atoms with Crippen molar-refractivity contribution in [3.63, 3.8) is 0 Å². The van der Waals surface area contributed by atoms with E-state index in [1.165, 1.54) is 0 Å². The Morgan fingerprint density at radius 3 is 2.50 bits per heavy atom. The van der Waals surface area contributed by atoms with Gasteiger partial charge in [0.15, 0.2) is 0 Å². The van der Waals surface area contributed by atoms with Crippen molar-refractivity contribution in [3.8, 4) is 6.07 Å². The number of aliphatic hydroxyl groups excluding tert-OH is 1. The number of hydrogen-bond donors (Lipinski definition) is 2. The molecule has 0 radical (unpaired) electrons. The molecule has 1 aromatic carbocycles. The first-order chi connectivity index (χ1) is 7.69. The number of rotatable bonds is 2. The van der Waals surface area contributed by atoms with E-state index >= 15 is 0 Å². The van der Waals surface area contributed by atoms with Crippen LogP contribution in [0.1, 0.15) is 28.8 Å². The van der Waals surface area contributed by atoms with Crippen molar-refractivity contribution in [2.24, 2.45) is 0 Å². The maximum Gasteiger partial charge on any atom is 0.251 e. The molecule has 4 nitrogen and oxygen atoms in total. The largest absolute Gasteiger partial charge is 0.393 e. The molecule has 0 bridgehead atoms. The van der Waals surface area contributed by atoms with Gasteiger partial charge in [-0.1, -0.05) is 0 Å². The highest BCUT2D eigenvalue weighted by atomic mass is 16.3. The molecule has 1 amide bonds. The van der Waals surface area contributed by atoms with Crippen molar-refractivity contribution in [3.05, 3.63) is 35.4 Å². The third-order valence-corrected chi connectivity index (χ3v) is 2.72. The van der Waals surface area contributed by atoms with Gasteiger partial charge in [0.05, 0.1) is 17.7 Å². The minimum absolute atomic E-state index is 0.0816. The molecule has 1 saturated carbocycles. The van der Waals surface area contributed by atoms with Crippen LogP contribution in [0.4, 0.5) is 0 Å². The molecule has 2 N–H and O–H groups in total. The minimum Gasteiger partial charge on any atom is -0.393 e. The van der Waals surface area contributed by atoms with Crippen molar-refractivity contribution in [1.29, 1.82) is 5.26 Å². The van der Waals surface area contributed by atoms with Gasteiger partial charge in [0.2, 0.25) is 0 Å². The van der Waals surface area contributed by atoms with Gasteiger partial charge in [0, 0.05) is 11.6 Å². The van der Waals surface area contributed by atoms with Gasteiger partial charge in [-0.15, -0.1) is 0 Å². The summed E-state index contributed by atoms with van der Waals surface area (Å²) >= 11 is 0. The van der Waals surface area contributed by atoms with E-state index in [1.807, 2.05) is 6.07 Å². The van der Waals surface area contributed by atoms with Gasteiger partial charge in [-0.05, 0) is 37.1 Å². The van der Waals surface area contributed by atoms with Crippen LogP contribution < -0.4 is 5.32 Å². The molecule has 4 heteroatoms. The lowest BCUT2D eigenvalue weighted by atomic mass is 9.89. The molecule has 1 aromatic rings. The van der Waals surface area contributed by atoms with Gasteiger partial charge in [0.1, 0.15) is 0 Å². The van der Waals surface area contributed by atoms with E-state index in [9.17, 15) is 4.79 Å². The zero-order valence-electron chi connectivity index (χ0n) is 8.68. The molecule has 1 fully saturated rings. The SMILES string of the molecule is N#Cc1ccc(C(=O)NC2CC(O)C2)cc1. The number of nitriles is 1. The third-order valence-electron chi connectivity index (χ3n) is 2.72. The summed E-state index contributed by atoms with van der Waals surface area (Å²) in [5.74, 6) is -0.151. The first-order valence-electron chi connectivity index (χ1n) is 5.18. The number of nitrogens with zero attached hydrogens (tertiary/aromatic N) is 1. The van der Waals surface area contributed by atoms with Crippen molar-refractivity contribution in [1.82, 2.24) is 5.32 Å². The average molecular weight is 216 g/mol. The van der Waals surface area contributed by atoms with Crippen LogP contribution in [0.2, 0.25) is 0 Å². The first-order valence-corrected chi connectivity index (χ1v) is 5.18. The molecule has 0 atom stereocenters. The van der Waals surface area contributed by atoms with Crippen LogP contribution in [-0.4, -0.2) is 23.2 Å². The Morgan fingerprint density at radius 2 is 2.00 bits per heavy atom. The fraction of sp³-hybridized carbons (Fsp3) is 0.333. The van der Waals surface area contributed by atoms with Gasteiger partial charge in [-0.2, -0.15) is 5.26 Å². The van der Waals surface area contributed by atoms with Crippen molar-refractivity contribution in [2.45, 2.75) is 25.0 Å². The van der Waals surface area contributed by atoms with Crippen LogP contribution in [0.25, 0.3) is 0 Å². The van der Waals surface area contributed by atoms with E-state index in [-0.39, 0.29) is 18.1 Å². The summed E-state index contributed by atoms with van der Waals surface area (Å²) in [6.07, 6.45) is 0.982. The lowest BCUT2D eigenvalue weighted by Crippen LogP contribution is -2.46. The molecule has 0 aromatic heterocycles. The Morgan fingerprint density at radius 1 is 1.38 bits per heavy atom. The van der Waals surface area contributed by atoms with Gasteiger partial charge < -0.3 is 10.4 Å². The fourth-order valence-corrected chi connectivity index (χ4v) is 1.67. The fourth-order valence-electron chi connectivity index (χ4n) is 1.67. The summed E-state index contributed by atoms with van der Waals surface area (Å²) in [6, 6.07) is 8.57. The Balaban J connectivity index is 1.96. The zero-order chi connectivity index (χ0) is 11.5. The van der Waals surface area contributed by atoms with Crippen molar-refractivity contribution >= 4 is 5.91 Å². The molecule has 82 valence electrons. The summed E-state index contributed by atoms with van der Waals surface area (Å²) in [4.78, 5) is 11.7. The van der Waals surface area contributed by atoms with E-state index in [2.05, 4.69) is 5.32 Å². The third kappa shape index (κ3) is 2.20. The molecule has 0 spiro atoms. The van der Waals surface area contributed by atoms with E-state index in [0.717, 1.165) is 0 Å². The Labute approximate surface area is 93.5 Å². The van der Waals surface area contributed by atoms with Gasteiger partial charge >= 0.3 is 0 Å². The number of carbonyl (C=O) groups excluding carboxylic acids is 1. The van der Waals surface area contributed by atoms with Crippen LogP contribution in [-0.2, 0) is 0 Å². The van der Waals surface area contributed by atoms with Crippen LogP contribution >= 0.6 is 0 Å². The van der Waals surface area contributed by atoms with Crippen LogP contribution in [0.15, 0.2) is 24.3 Å². The highest BCUT2D eigenvalue weighted by molar-refractivity contribution is 5.94. The van der Waals surface area contributed by atoms with Crippen molar-refractivity contribution < 1.29 is 9.90 Å². The average Bonchev–Trinajstić information content (AvgIpc) is 2.27. The predicted octanol–water partition coefficient (Wildman–Crippen LogP) is 0.811. The molecular formula is C12H12N2O2. The Bertz CT molecular complexity index is 427. The molecule has 1 aliphatic carbocycles. The molecule has 1 aliphatic rings. The smallest absolute Gasteiger partial charge is 0.251 e. The highest BCUT2D eigenvalue weighted by Gasteiger charge is 2.28.